The Bertz CT molecular complexity index is 385. The van der Waals surface area contributed by atoms with Gasteiger partial charge in [0.1, 0.15) is 5.01 Å². The Balaban J connectivity index is 3.06. The van der Waals surface area contributed by atoms with Crippen LogP contribution < -0.4 is 0 Å². The Labute approximate surface area is 92.0 Å². The predicted molar refractivity (Wildman–Crippen MR) is 48.5 cm³/mol. The van der Waals surface area contributed by atoms with Gasteiger partial charge in [0.05, 0.1) is 5.69 Å². The molecule has 0 N–H and O–H groups in total. The van der Waals surface area contributed by atoms with Crippen molar-refractivity contribution in [3.63, 3.8) is 0 Å². The lowest BCUT2D eigenvalue weighted by Crippen LogP contribution is -2.25. The summed E-state index contributed by atoms with van der Waals surface area (Å²) in [6.45, 7) is 3.10. The molecule has 1 rings (SSSR count). The fourth-order valence-corrected chi connectivity index (χ4v) is 1.91. The molecule has 0 amide bonds. The van der Waals surface area contributed by atoms with Gasteiger partial charge in [0, 0.05) is 4.88 Å². The second kappa shape index (κ2) is 4.24. The van der Waals surface area contributed by atoms with E-state index in [0.717, 1.165) is 11.3 Å². The van der Waals surface area contributed by atoms with Crippen molar-refractivity contribution in [1.82, 2.24) is 4.98 Å². The van der Waals surface area contributed by atoms with Crippen LogP contribution in [0.25, 0.3) is 0 Å². The summed E-state index contributed by atoms with van der Waals surface area (Å²) in [4.78, 5) is 17.8. The van der Waals surface area contributed by atoms with Gasteiger partial charge in [0.15, 0.2) is 0 Å². The Morgan fingerprint density at radius 3 is 2.38 bits per heavy atom. The first-order valence-electron chi connectivity index (χ1n) is 4.03. The molecule has 0 aromatic carbocycles. The van der Waals surface area contributed by atoms with E-state index in [1.807, 2.05) is 0 Å². The average molecular weight is 256 g/mol. The van der Waals surface area contributed by atoms with Crippen molar-refractivity contribution < 1.29 is 23.1 Å². The van der Waals surface area contributed by atoms with Crippen molar-refractivity contribution in [3.05, 3.63) is 25.7 Å². The molecule has 0 saturated carbocycles. The smallest absolute Gasteiger partial charge is 0.293 e. The van der Waals surface area contributed by atoms with Crippen LogP contribution >= 0.6 is 11.3 Å². The summed E-state index contributed by atoms with van der Waals surface area (Å²) in [5.74, 6) is 0. The maximum atomic E-state index is 12.4. The van der Waals surface area contributed by atoms with Gasteiger partial charge in [-0.3, -0.25) is 4.84 Å². The topological polar surface area (TPSA) is 65.3 Å². The summed E-state index contributed by atoms with van der Waals surface area (Å²) in [5.41, 5.74) is 0.404. The third-order valence-electron chi connectivity index (χ3n) is 1.76. The quantitative estimate of drug-likeness (QED) is 0.615. The molecule has 1 atom stereocenters. The largest absolute Gasteiger partial charge is 0.421 e. The minimum atomic E-state index is -4.86. The molecule has 0 aliphatic carbocycles. The fourth-order valence-electron chi connectivity index (χ4n) is 0.941. The lowest BCUT2D eigenvalue weighted by atomic mass is 10.3. The molecule has 5 nitrogen and oxygen atoms in total. The molecule has 16 heavy (non-hydrogen) atoms. The summed E-state index contributed by atoms with van der Waals surface area (Å²) >= 11 is 0.731. The Kier molecular flexibility index (Phi) is 3.36. The Morgan fingerprint density at radius 2 is 2.06 bits per heavy atom. The summed E-state index contributed by atoms with van der Waals surface area (Å²) in [5, 5.41) is 8.05. The highest BCUT2D eigenvalue weighted by atomic mass is 32.1. The molecule has 0 radical (unpaired) electrons. The third-order valence-corrected chi connectivity index (χ3v) is 2.87. The van der Waals surface area contributed by atoms with E-state index in [1.165, 1.54) is 6.92 Å². The van der Waals surface area contributed by atoms with Crippen molar-refractivity contribution in [2.45, 2.75) is 26.1 Å². The number of aromatic nitrogens is 1. The van der Waals surface area contributed by atoms with Crippen LogP contribution in [0, 0.1) is 24.0 Å². The molecule has 0 spiro atoms. The van der Waals surface area contributed by atoms with E-state index in [-0.39, 0.29) is 0 Å². The number of aryl methyl sites for hydroxylation is 2. The molecule has 0 aliphatic rings. The van der Waals surface area contributed by atoms with E-state index in [4.69, 9.17) is 0 Å². The van der Waals surface area contributed by atoms with Gasteiger partial charge < -0.3 is 0 Å². The number of thiazole rings is 1. The summed E-state index contributed by atoms with van der Waals surface area (Å²) in [7, 11) is 0. The van der Waals surface area contributed by atoms with Crippen LogP contribution in [0.1, 0.15) is 21.7 Å². The number of hydrogen-bond acceptors (Lipinski definition) is 5. The van der Waals surface area contributed by atoms with Gasteiger partial charge in [-0.1, -0.05) is 0 Å². The van der Waals surface area contributed by atoms with E-state index in [2.05, 4.69) is 9.82 Å². The molecule has 0 aliphatic heterocycles. The summed E-state index contributed by atoms with van der Waals surface area (Å²) < 4.78 is 37.3. The molecule has 0 saturated heterocycles. The zero-order valence-corrected chi connectivity index (χ0v) is 9.06. The highest BCUT2D eigenvalue weighted by Gasteiger charge is 2.46. The van der Waals surface area contributed by atoms with Crippen LogP contribution in [0.4, 0.5) is 13.2 Å². The monoisotopic (exact) mass is 256 g/mol. The van der Waals surface area contributed by atoms with Crippen LogP contribution in [0.2, 0.25) is 0 Å². The number of rotatable bonds is 3. The minimum Gasteiger partial charge on any atom is -0.293 e. The molecule has 1 aromatic rings. The van der Waals surface area contributed by atoms with Gasteiger partial charge in [-0.15, -0.1) is 21.5 Å². The highest BCUT2D eigenvalue weighted by molar-refractivity contribution is 7.11. The van der Waals surface area contributed by atoms with E-state index < -0.39 is 22.4 Å². The van der Waals surface area contributed by atoms with Crippen molar-refractivity contribution in [3.8, 4) is 0 Å². The Morgan fingerprint density at radius 1 is 1.50 bits per heavy atom. The van der Waals surface area contributed by atoms with Gasteiger partial charge in [0.2, 0.25) is 0 Å². The van der Waals surface area contributed by atoms with Gasteiger partial charge in [-0.25, -0.2) is 4.98 Å². The zero-order chi connectivity index (χ0) is 12.5. The molecule has 1 aromatic heterocycles. The fraction of sp³-hybridized carbons (Fsp3) is 0.571. The van der Waals surface area contributed by atoms with Crippen molar-refractivity contribution in [1.29, 1.82) is 0 Å². The number of hydrogen-bond donors (Lipinski definition) is 0. The SMILES string of the molecule is Cc1nc(C(O[N+](=O)[O-])C(F)(F)F)sc1C. The van der Waals surface area contributed by atoms with Crippen LogP contribution in [0.5, 0.6) is 0 Å². The number of alkyl halides is 3. The van der Waals surface area contributed by atoms with E-state index in [1.54, 1.807) is 6.92 Å². The van der Waals surface area contributed by atoms with Gasteiger partial charge >= 0.3 is 6.18 Å². The van der Waals surface area contributed by atoms with E-state index >= 15 is 0 Å². The molecule has 1 heterocycles. The first kappa shape index (κ1) is 12.7. The van der Waals surface area contributed by atoms with E-state index in [0.29, 0.717) is 10.6 Å². The lowest BCUT2D eigenvalue weighted by Gasteiger charge is -2.15. The van der Waals surface area contributed by atoms with Crippen LogP contribution in [0.3, 0.4) is 0 Å². The molecular formula is C7H7F3N2O3S. The predicted octanol–water partition coefficient (Wildman–Crippen LogP) is 2.57. The van der Waals surface area contributed by atoms with E-state index in [9.17, 15) is 23.3 Å². The van der Waals surface area contributed by atoms with Gasteiger partial charge in [0.25, 0.3) is 11.2 Å². The zero-order valence-electron chi connectivity index (χ0n) is 8.24. The maximum absolute atomic E-state index is 12.4. The van der Waals surface area contributed by atoms with Crippen LogP contribution in [0.15, 0.2) is 0 Å². The average Bonchev–Trinajstić information content (AvgIpc) is 2.40. The second-order valence-corrected chi connectivity index (χ2v) is 4.18. The molecule has 0 fully saturated rings. The normalized spacial score (nSPS) is 13.6. The summed E-state index contributed by atoms with van der Waals surface area (Å²) in [6.07, 6.45) is -7.47. The van der Waals surface area contributed by atoms with Crippen LogP contribution in [-0.2, 0) is 4.84 Å². The number of nitrogens with zero attached hydrogens (tertiary/aromatic N) is 2. The molecule has 9 heteroatoms. The molecule has 1 unspecified atom stereocenters. The second-order valence-electron chi connectivity index (χ2n) is 2.94. The van der Waals surface area contributed by atoms with Gasteiger partial charge in [-0.2, -0.15) is 13.2 Å². The first-order chi connectivity index (χ1) is 7.21. The van der Waals surface area contributed by atoms with Crippen molar-refractivity contribution >= 4 is 11.3 Å². The lowest BCUT2D eigenvalue weighted by molar-refractivity contribution is -0.778. The Hall–Kier alpha value is -1.38. The third kappa shape index (κ3) is 2.81. The van der Waals surface area contributed by atoms with Crippen LogP contribution in [-0.4, -0.2) is 16.2 Å². The van der Waals surface area contributed by atoms with Crippen molar-refractivity contribution in [2.24, 2.45) is 0 Å². The maximum Gasteiger partial charge on any atom is 0.421 e. The minimum absolute atomic E-state index is 0.404. The standard InChI is InChI=1S/C7H7F3N2O3S/c1-3-4(2)16-6(11-3)5(7(8,9)10)15-12(13)14/h5H,1-2H3. The summed E-state index contributed by atoms with van der Waals surface area (Å²) in [6, 6.07) is 0. The van der Waals surface area contributed by atoms with Crippen molar-refractivity contribution in [2.75, 3.05) is 0 Å². The highest BCUT2D eigenvalue weighted by Crippen LogP contribution is 2.38. The first-order valence-corrected chi connectivity index (χ1v) is 4.85. The molecular weight excluding hydrogens is 249 g/mol. The molecule has 90 valence electrons. The number of halogens is 3. The van der Waals surface area contributed by atoms with Gasteiger partial charge in [-0.05, 0) is 13.8 Å². The molecule has 0 bridgehead atoms.